The van der Waals surface area contributed by atoms with Crippen LogP contribution in [0.4, 0.5) is 14.5 Å². The lowest BCUT2D eigenvalue weighted by molar-refractivity contribution is 0.0328. The van der Waals surface area contributed by atoms with Gasteiger partial charge in [-0.1, -0.05) is 0 Å². The number of aromatic carboxylic acids is 1. The van der Waals surface area contributed by atoms with Crippen LogP contribution in [0.2, 0.25) is 0 Å². The van der Waals surface area contributed by atoms with Crippen LogP contribution in [0.3, 0.4) is 0 Å². The van der Waals surface area contributed by atoms with E-state index in [4.69, 9.17) is 9.84 Å². The van der Waals surface area contributed by atoms with E-state index in [1.54, 1.807) is 7.11 Å². The van der Waals surface area contributed by atoms with Crippen molar-refractivity contribution in [1.82, 2.24) is 0 Å². The number of halogens is 2. The summed E-state index contributed by atoms with van der Waals surface area (Å²) in [6, 6.07) is 2.32. The van der Waals surface area contributed by atoms with E-state index in [0.29, 0.717) is 0 Å². The first-order valence-corrected chi connectivity index (χ1v) is 5.53. The molecule has 1 fully saturated rings. The predicted octanol–water partition coefficient (Wildman–Crippen LogP) is 2.25. The van der Waals surface area contributed by atoms with Gasteiger partial charge in [0, 0.05) is 13.2 Å². The Morgan fingerprint density at radius 2 is 2.06 bits per heavy atom. The first-order valence-electron chi connectivity index (χ1n) is 5.53. The van der Waals surface area contributed by atoms with E-state index in [1.165, 1.54) is 6.07 Å². The van der Waals surface area contributed by atoms with Crippen LogP contribution in [0.5, 0.6) is 0 Å². The molecule has 0 amide bonds. The quantitative estimate of drug-likeness (QED) is 0.868. The summed E-state index contributed by atoms with van der Waals surface area (Å²) in [5.74, 6) is -3.98. The van der Waals surface area contributed by atoms with Gasteiger partial charge in [-0.15, -0.1) is 0 Å². The summed E-state index contributed by atoms with van der Waals surface area (Å²) in [6.07, 6.45) is 1.59. The lowest BCUT2D eigenvalue weighted by Gasteiger charge is -2.35. The summed E-state index contributed by atoms with van der Waals surface area (Å²) in [7, 11) is 1.60. The number of hydrogen-bond acceptors (Lipinski definition) is 3. The van der Waals surface area contributed by atoms with Gasteiger partial charge in [-0.3, -0.25) is 0 Å². The van der Waals surface area contributed by atoms with E-state index in [2.05, 4.69) is 5.32 Å². The Morgan fingerprint density at radius 3 is 2.61 bits per heavy atom. The maximum Gasteiger partial charge on any atom is 0.338 e. The SMILES string of the molecule is COC1CC(Nc2ccc(C(=O)O)c(F)c2F)C1. The van der Waals surface area contributed by atoms with Crippen LogP contribution in [0.25, 0.3) is 0 Å². The van der Waals surface area contributed by atoms with Crippen LogP contribution < -0.4 is 5.32 Å². The summed E-state index contributed by atoms with van der Waals surface area (Å²) >= 11 is 0. The Morgan fingerprint density at radius 1 is 1.39 bits per heavy atom. The molecule has 4 nitrogen and oxygen atoms in total. The first kappa shape index (κ1) is 12.8. The Balaban J connectivity index is 2.11. The Hall–Kier alpha value is -1.69. The van der Waals surface area contributed by atoms with Gasteiger partial charge in [-0.05, 0) is 25.0 Å². The third kappa shape index (κ3) is 2.28. The van der Waals surface area contributed by atoms with Crippen molar-refractivity contribution >= 4 is 11.7 Å². The zero-order valence-electron chi connectivity index (χ0n) is 9.74. The number of benzene rings is 1. The summed E-state index contributed by atoms with van der Waals surface area (Å²) in [6.45, 7) is 0. The molecule has 98 valence electrons. The molecule has 0 atom stereocenters. The molecule has 1 aliphatic carbocycles. The van der Waals surface area contributed by atoms with E-state index in [1.807, 2.05) is 0 Å². The lowest BCUT2D eigenvalue weighted by atomic mass is 9.89. The van der Waals surface area contributed by atoms with Gasteiger partial charge < -0.3 is 15.2 Å². The van der Waals surface area contributed by atoms with E-state index in [9.17, 15) is 13.6 Å². The molecule has 6 heteroatoms. The number of methoxy groups -OCH3 is 1. The van der Waals surface area contributed by atoms with Crippen LogP contribution in [0, 0.1) is 11.6 Å². The fourth-order valence-corrected chi connectivity index (χ4v) is 1.92. The average molecular weight is 257 g/mol. The van der Waals surface area contributed by atoms with Gasteiger partial charge in [0.25, 0.3) is 0 Å². The molecule has 0 aromatic heterocycles. The molecule has 0 radical (unpaired) electrons. The van der Waals surface area contributed by atoms with Gasteiger partial charge in [0.2, 0.25) is 0 Å². The third-order valence-electron chi connectivity index (χ3n) is 3.10. The Kier molecular flexibility index (Phi) is 3.47. The van der Waals surface area contributed by atoms with Crippen molar-refractivity contribution in [3.63, 3.8) is 0 Å². The minimum absolute atomic E-state index is 0.0166. The average Bonchev–Trinajstić information content (AvgIpc) is 2.27. The van der Waals surface area contributed by atoms with Crippen LogP contribution in [0.15, 0.2) is 12.1 Å². The van der Waals surface area contributed by atoms with E-state index >= 15 is 0 Å². The number of ether oxygens (including phenoxy) is 1. The standard InChI is InChI=1S/C12H13F2NO3/c1-18-7-4-6(5-7)15-9-3-2-8(12(16)17)10(13)11(9)14/h2-3,6-7,15H,4-5H2,1H3,(H,16,17). The number of anilines is 1. The van der Waals surface area contributed by atoms with Crippen molar-refractivity contribution in [3.8, 4) is 0 Å². The molecule has 0 aliphatic heterocycles. The van der Waals surface area contributed by atoms with Gasteiger partial charge in [0.05, 0.1) is 17.4 Å². The summed E-state index contributed by atoms with van der Waals surface area (Å²) < 4.78 is 32.1. The highest BCUT2D eigenvalue weighted by Gasteiger charge is 2.30. The third-order valence-corrected chi connectivity index (χ3v) is 3.10. The second kappa shape index (κ2) is 4.89. The van der Waals surface area contributed by atoms with Crippen molar-refractivity contribution in [2.75, 3.05) is 12.4 Å². The monoisotopic (exact) mass is 257 g/mol. The van der Waals surface area contributed by atoms with Crippen LogP contribution in [-0.4, -0.2) is 30.3 Å². The normalized spacial score (nSPS) is 22.4. The second-order valence-corrected chi connectivity index (χ2v) is 4.26. The van der Waals surface area contributed by atoms with Crippen LogP contribution >= 0.6 is 0 Å². The fraction of sp³-hybridized carbons (Fsp3) is 0.417. The molecular weight excluding hydrogens is 244 g/mol. The number of carboxylic acids is 1. The number of rotatable bonds is 4. The lowest BCUT2D eigenvalue weighted by Crippen LogP contribution is -2.40. The molecule has 2 N–H and O–H groups in total. The maximum atomic E-state index is 13.6. The molecule has 0 heterocycles. The van der Waals surface area contributed by atoms with Crippen molar-refractivity contribution in [2.24, 2.45) is 0 Å². The largest absolute Gasteiger partial charge is 0.478 e. The van der Waals surface area contributed by atoms with Crippen molar-refractivity contribution in [1.29, 1.82) is 0 Å². The van der Waals surface area contributed by atoms with E-state index < -0.39 is 23.2 Å². The van der Waals surface area contributed by atoms with E-state index in [0.717, 1.165) is 18.9 Å². The molecule has 18 heavy (non-hydrogen) atoms. The molecule has 1 aliphatic rings. The molecule has 1 saturated carbocycles. The number of nitrogens with one attached hydrogen (secondary N) is 1. The molecule has 0 bridgehead atoms. The Bertz CT molecular complexity index is 473. The molecule has 1 aromatic rings. The number of hydrogen-bond donors (Lipinski definition) is 2. The molecule has 0 saturated heterocycles. The van der Waals surface area contributed by atoms with Crippen molar-refractivity contribution < 1.29 is 23.4 Å². The minimum Gasteiger partial charge on any atom is -0.478 e. The number of carbonyl (C=O) groups is 1. The highest BCUT2D eigenvalue weighted by atomic mass is 19.2. The maximum absolute atomic E-state index is 13.6. The number of carboxylic acid groups (broad SMARTS) is 1. The first-order chi connectivity index (χ1) is 8.52. The summed E-state index contributed by atoms with van der Waals surface area (Å²) in [5.41, 5.74) is -0.682. The molecular formula is C12H13F2NO3. The van der Waals surface area contributed by atoms with Crippen LogP contribution in [-0.2, 0) is 4.74 Å². The molecule has 0 spiro atoms. The van der Waals surface area contributed by atoms with Gasteiger partial charge in [-0.2, -0.15) is 0 Å². The molecule has 1 aromatic carbocycles. The summed E-state index contributed by atoms with van der Waals surface area (Å²) in [5, 5.41) is 11.5. The summed E-state index contributed by atoms with van der Waals surface area (Å²) in [4.78, 5) is 10.6. The predicted molar refractivity (Wildman–Crippen MR) is 60.8 cm³/mol. The van der Waals surface area contributed by atoms with Gasteiger partial charge in [0.1, 0.15) is 0 Å². The zero-order chi connectivity index (χ0) is 13.3. The zero-order valence-corrected chi connectivity index (χ0v) is 9.74. The topological polar surface area (TPSA) is 58.6 Å². The van der Waals surface area contributed by atoms with Gasteiger partial charge in [0.15, 0.2) is 11.6 Å². The van der Waals surface area contributed by atoms with Crippen molar-refractivity contribution in [3.05, 3.63) is 29.3 Å². The smallest absolute Gasteiger partial charge is 0.338 e. The van der Waals surface area contributed by atoms with Gasteiger partial charge in [-0.25, -0.2) is 13.6 Å². The fourth-order valence-electron chi connectivity index (χ4n) is 1.92. The molecule has 0 unspecified atom stereocenters. The Labute approximate surface area is 103 Å². The van der Waals surface area contributed by atoms with Crippen molar-refractivity contribution in [2.45, 2.75) is 25.0 Å². The highest BCUT2D eigenvalue weighted by molar-refractivity contribution is 5.88. The van der Waals surface area contributed by atoms with Crippen LogP contribution in [0.1, 0.15) is 23.2 Å². The second-order valence-electron chi connectivity index (χ2n) is 4.26. The molecule has 2 rings (SSSR count). The highest BCUT2D eigenvalue weighted by Crippen LogP contribution is 2.28. The van der Waals surface area contributed by atoms with Gasteiger partial charge >= 0.3 is 5.97 Å². The van der Waals surface area contributed by atoms with E-state index in [-0.39, 0.29) is 17.8 Å². The minimum atomic E-state index is -1.49.